The molecule has 82 valence electrons. The molecule has 1 aromatic carbocycles. The van der Waals surface area contributed by atoms with Gasteiger partial charge in [0.15, 0.2) is 0 Å². The fourth-order valence-electron chi connectivity index (χ4n) is 2.18. The van der Waals surface area contributed by atoms with Gasteiger partial charge < -0.3 is 10.2 Å². The van der Waals surface area contributed by atoms with Gasteiger partial charge in [-0.3, -0.25) is 0 Å². The van der Waals surface area contributed by atoms with Gasteiger partial charge in [0, 0.05) is 19.6 Å². The van der Waals surface area contributed by atoms with Gasteiger partial charge in [-0.15, -0.1) is 0 Å². The van der Waals surface area contributed by atoms with Crippen LogP contribution in [-0.4, -0.2) is 19.6 Å². The number of nitrogens with zero attached hydrogens (tertiary/aromatic N) is 1. The number of hydrogen-bond acceptors (Lipinski definition) is 2. The Morgan fingerprint density at radius 2 is 2.13 bits per heavy atom. The standard InChI is InChI=1S/C13H20N2/c1-9(2)11-5-6-13-12(7-11)14-10(3)8-15(13)4/h5-7,9-10,14H,8H2,1-4H3. The van der Waals surface area contributed by atoms with E-state index in [2.05, 4.69) is 56.2 Å². The van der Waals surface area contributed by atoms with E-state index < -0.39 is 0 Å². The van der Waals surface area contributed by atoms with Crippen LogP contribution >= 0.6 is 0 Å². The van der Waals surface area contributed by atoms with Crippen LogP contribution in [0.25, 0.3) is 0 Å². The summed E-state index contributed by atoms with van der Waals surface area (Å²) in [6.45, 7) is 7.77. The number of benzene rings is 1. The molecule has 0 saturated carbocycles. The maximum Gasteiger partial charge on any atom is 0.0600 e. The van der Waals surface area contributed by atoms with Crippen molar-refractivity contribution in [3.05, 3.63) is 23.8 Å². The molecule has 2 nitrogen and oxygen atoms in total. The first-order valence-corrected chi connectivity index (χ1v) is 5.69. The van der Waals surface area contributed by atoms with E-state index >= 15 is 0 Å². The molecule has 0 aliphatic carbocycles. The first-order valence-electron chi connectivity index (χ1n) is 5.69. The summed E-state index contributed by atoms with van der Waals surface area (Å²) >= 11 is 0. The number of fused-ring (bicyclic) bond motifs is 1. The highest BCUT2D eigenvalue weighted by Gasteiger charge is 2.18. The summed E-state index contributed by atoms with van der Waals surface area (Å²) in [5.41, 5.74) is 4.00. The van der Waals surface area contributed by atoms with Crippen molar-refractivity contribution in [2.75, 3.05) is 23.8 Å². The van der Waals surface area contributed by atoms with Crippen molar-refractivity contribution in [1.82, 2.24) is 0 Å². The van der Waals surface area contributed by atoms with Gasteiger partial charge in [-0.1, -0.05) is 19.9 Å². The molecule has 1 aliphatic rings. The number of hydrogen-bond donors (Lipinski definition) is 1. The maximum atomic E-state index is 3.54. The van der Waals surface area contributed by atoms with Gasteiger partial charge in [0.1, 0.15) is 0 Å². The molecule has 0 saturated heterocycles. The van der Waals surface area contributed by atoms with E-state index in [-0.39, 0.29) is 0 Å². The average molecular weight is 204 g/mol. The molecule has 0 radical (unpaired) electrons. The Balaban J connectivity index is 2.39. The molecule has 0 spiro atoms. The molecule has 15 heavy (non-hydrogen) atoms. The van der Waals surface area contributed by atoms with Crippen LogP contribution in [0.2, 0.25) is 0 Å². The smallest absolute Gasteiger partial charge is 0.0600 e. The summed E-state index contributed by atoms with van der Waals surface area (Å²) in [6, 6.07) is 7.28. The van der Waals surface area contributed by atoms with E-state index in [0.29, 0.717) is 12.0 Å². The van der Waals surface area contributed by atoms with Gasteiger partial charge in [-0.2, -0.15) is 0 Å². The van der Waals surface area contributed by atoms with Gasteiger partial charge in [0.05, 0.1) is 11.4 Å². The zero-order chi connectivity index (χ0) is 11.0. The van der Waals surface area contributed by atoms with E-state index in [4.69, 9.17) is 0 Å². The Morgan fingerprint density at radius 3 is 2.80 bits per heavy atom. The second kappa shape index (κ2) is 3.76. The van der Waals surface area contributed by atoms with Crippen molar-refractivity contribution in [3.8, 4) is 0 Å². The Morgan fingerprint density at radius 1 is 1.40 bits per heavy atom. The number of nitrogens with one attached hydrogen (secondary N) is 1. The molecule has 1 atom stereocenters. The minimum atomic E-state index is 0.532. The Bertz CT molecular complexity index is 358. The van der Waals surface area contributed by atoms with Gasteiger partial charge >= 0.3 is 0 Å². The van der Waals surface area contributed by atoms with Crippen molar-refractivity contribution in [3.63, 3.8) is 0 Å². The molecule has 0 fully saturated rings. The first-order chi connectivity index (χ1) is 7.08. The van der Waals surface area contributed by atoms with E-state index in [1.807, 2.05) is 0 Å². The molecule has 1 heterocycles. The molecule has 2 heteroatoms. The molecule has 2 rings (SSSR count). The van der Waals surface area contributed by atoms with E-state index in [1.54, 1.807) is 0 Å². The number of rotatable bonds is 1. The van der Waals surface area contributed by atoms with Crippen LogP contribution in [0.3, 0.4) is 0 Å². The van der Waals surface area contributed by atoms with E-state index in [9.17, 15) is 0 Å². The quantitative estimate of drug-likeness (QED) is 0.756. The molecular formula is C13H20N2. The van der Waals surface area contributed by atoms with Gasteiger partial charge in [0.25, 0.3) is 0 Å². The first kappa shape index (κ1) is 10.3. The molecule has 1 aromatic rings. The molecule has 0 amide bonds. The van der Waals surface area contributed by atoms with Crippen molar-refractivity contribution in [2.24, 2.45) is 0 Å². The highest BCUT2D eigenvalue weighted by molar-refractivity contribution is 5.73. The zero-order valence-electron chi connectivity index (χ0n) is 10.0. The topological polar surface area (TPSA) is 15.3 Å². The lowest BCUT2D eigenvalue weighted by atomic mass is 10.0. The number of anilines is 2. The molecule has 0 aromatic heterocycles. The van der Waals surface area contributed by atoms with Crippen molar-refractivity contribution in [2.45, 2.75) is 32.7 Å². The molecular weight excluding hydrogens is 184 g/mol. The fraction of sp³-hybridized carbons (Fsp3) is 0.538. The van der Waals surface area contributed by atoms with Crippen LogP contribution in [0, 0.1) is 0 Å². The monoisotopic (exact) mass is 204 g/mol. The highest BCUT2D eigenvalue weighted by atomic mass is 15.2. The van der Waals surface area contributed by atoms with Crippen LogP contribution in [0.4, 0.5) is 11.4 Å². The predicted molar refractivity (Wildman–Crippen MR) is 66.9 cm³/mol. The maximum absolute atomic E-state index is 3.54. The van der Waals surface area contributed by atoms with Crippen molar-refractivity contribution < 1.29 is 0 Å². The lowest BCUT2D eigenvalue weighted by Crippen LogP contribution is -2.37. The molecule has 1 N–H and O–H groups in total. The third-order valence-electron chi connectivity index (χ3n) is 3.05. The van der Waals surface area contributed by atoms with Crippen molar-refractivity contribution in [1.29, 1.82) is 0 Å². The Kier molecular flexibility index (Phi) is 2.59. The summed E-state index contributed by atoms with van der Waals surface area (Å²) in [4.78, 5) is 2.32. The second-order valence-corrected chi connectivity index (χ2v) is 4.86. The van der Waals surface area contributed by atoms with Crippen LogP contribution in [-0.2, 0) is 0 Å². The normalized spacial score (nSPS) is 20.1. The summed E-state index contributed by atoms with van der Waals surface area (Å²) in [5, 5.41) is 3.54. The summed E-state index contributed by atoms with van der Waals surface area (Å²) in [6.07, 6.45) is 0. The second-order valence-electron chi connectivity index (χ2n) is 4.86. The third-order valence-corrected chi connectivity index (χ3v) is 3.05. The minimum Gasteiger partial charge on any atom is -0.379 e. The largest absolute Gasteiger partial charge is 0.379 e. The van der Waals surface area contributed by atoms with Crippen LogP contribution in [0.5, 0.6) is 0 Å². The summed E-state index contributed by atoms with van der Waals surface area (Å²) in [5.74, 6) is 0.597. The van der Waals surface area contributed by atoms with Crippen LogP contribution in [0.1, 0.15) is 32.3 Å². The predicted octanol–water partition coefficient (Wildman–Crippen LogP) is 3.06. The average Bonchev–Trinajstić information content (AvgIpc) is 2.16. The SMILES string of the molecule is CC1CN(C)c2ccc(C(C)C)cc2N1. The molecule has 1 aliphatic heterocycles. The number of likely N-dealkylation sites (N-methyl/N-ethyl adjacent to an activating group) is 1. The lowest BCUT2D eigenvalue weighted by molar-refractivity contribution is 0.736. The molecule has 1 unspecified atom stereocenters. The summed E-state index contributed by atoms with van der Waals surface area (Å²) in [7, 11) is 2.16. The van der Waals surface area contributed by atoms with Crippen molar-refractivity contribution >= 4 is 11.4 Å². The summed E-state index contributed by atoms with van der Waals surface area (Å²) < 4.78 is 0. The van der Waals surface area contributed by atoms with Crippen LogP contribution < -0.4 is 10.2 Å². The van der Waals surface area contributed by atoms with Crippen LogP contribution in [0.15, 0.2) is 18.2 Å². The molecule has 0 bridgehead atoms. The van der Waals surface area contributed by atoms with E-state index in [0.717, 1.165) is 6.54 Å². The Hall–Kier alpha value is -1.18. The lowest BCUT2D eigenvalue weighted by Gasteiger charge is -2.33. The van der Waals surface area contributed by atoms with E-state index in [1.165, 1.54) is 16.9 Å². The minimum absolute atomic E-state index is 0.532. The van der Waals surface area contributed by atoms with Gasteiger partial charge in [-0.05, 0) is 30.5 Å². The van der Waals surface area contributed by atoms with Gasteiger partial charge in [-0.25, -0.2) is 0 Å². The highest BCUT2D eigenvalue weighted by Crippen LogP contribution is 2.32. The zero-order valence-corrected chi connectivity index (χ0v) is 10.0. The van der Waals surface area contributed by atoms with Gasteiger partial charge in [0.2, 0.25) is 0 Å². The Labute approximate surface area is 92.3 Å². The fourth-order valence-corrected chi connectivity index (χ4v) is 2.18. The third kappa shape index (κ3) is 1.94.